The zero-order chi connectivity index (χ0) is 11.9. The first-order valence-electron chi connectivity index (χ1n) is 5.24. The van der Waals surface area contributed by atoms with Gasteiger partial charge in [-0.15, -0.1) is 0 Å². The molecule has 5 nitrogen and oxygen atoms in total. The topological polar surface area (TPSA) is 77.1 Å². The van der Waals surface area contributed by atoms with E-state index in [4.69, 9.17) is 0 Å². The average Bonchev–Trinajstić information content (AvgIpc) is 2.96. The van der Waals surface area contributed by atoms with Crippen molar-refractivity contribution in [2.24, 2.45) is 0 Å². The van der Waals surface area contributed by atoms with Gasteiger partial charge in [0, 0.05) is 11.7 Å². The molecule has 3 rings (SSSR count). The summed E-state index contributed by atoms with van der Waals surface area (Å²) >= 11 is 0. The predicted molar refractivity (Wildman–Crippen MR) is 63.0 cm³/mol. The van der Waals surface area contributed by atoms with Crippen LogP contribution in [0, 0.1) is 0 Å². The molecule has 0 bridgehead atoms. The number of para-hydroxylation sites is 1. The van der Waals surface area contributed by atoms with Crippen LogP contribution in [0.5, 0.6) is 0 Å². The first-order chi connectivity index (χ1) is 8.22. The third-order valence-corrected chi connectivity index (χ3v) is 2.98. The maximum Gasteiger partial charge on any atom is 0.335 e. The maximum absolute atomic E-state index is 11.4. The van der Waals surface area contributed by atoms with Crippen molar-refractivity contribution in [2.75, 3.05) is 0 Å². The number of aromatic amines is 1. The van der Waals surface area contributed by atoms with E-state index in [-0.39, 0.29) is 0 Å². The SMILES string of the molecule is O=C(O)C1(c2cc3ccccc3[nH]2)C=CNN1. The minimum Gasteiger partial charge on any atom is -0.479 e. The Morgan fingerprint density at radius 3 is 2.76 bits per heavy atom. The molecular weight excluding hydrogens is 218 g/mol. The summed E-state index contributed by atoms with van der Waals surface area (Å²) < 4.78 is 0. The second-order valence-corrected chi connectivity index (χ2v) is 3.99. The normalized spacial score (nSPS) is 22.8. The number of aliphatic carboxylic acids is 1. The van der Waals surface area contributed by atoms with E-state index >= 15 is 0 Å². The molecule has 17 heavy (non-hydrogen) atoms. The quantitative estimate of drug-likeness (QED) is 0.621. The van der Waals surface area contributed by atoms with Gasteiger partial charge in [0.1, 0.15) is 0 Å². The summed E-state index contributed by atoms with van der Waals surface area (Å²) in [5, 5.41) is 10.4. The van der Waals surface area contributed by atoms with Crippen LogP contribution in [0.25, 0.3) is 10.9 Å². The van der Waals surface area contributed by atoms with Crippen LogP contribution in [0.1, 0.15) is 5.69 Å². The van der Waals surface area contributed by atoms with Gasteiger partial charge in [-0.2, -0.15) is 0 Å². The van der Waals surface area contributed by atoms with Crippen LogP contribution >= 0.6 is 0 Å². The zero-order valence-electron chi connectivity index (χ0n) is 8.90. The molecule has 1 aliphatic rings. The van der Waals surface area contributed by atoms with Crippen LogP contribution in [0.15, 0.2) is 42.6 Å². The molecule has 1 atom stereocenters. The van der Waals surface area contributed by atoms with E-state index in [1.165, 1.54) is 0 Å². The largest absolute Gasteiger partial charge is 0.479 e. The second kappa shape index (κ2) is 3.36. The molecule has 0 spiro atoms. The Bertz CT molecular complexity index is 584. The molecule has 0 radical (unpaired) electrons. The van der Waals surface area contributed by atoms with E-state index in [0.717, 1.165) is 10.9 Å². The van der Waals surface area contributed by atoms with Crippen molar-refractivity contribution in [1.82, 2.24) is 15.8 Å². The highest BCUT2D eigenvalue weighted by molar-refractivity contribution is 5.88. The molecule has 86 valence electrons. The number of carbonyl (C=O) groups is 1. The highest BCUT2D eigenvalue weighted by Crippen LogP contribution is 2.27. The number of hydrogen-bond acceptors (Lipinski definition) is 3. The number of aromatic nitrogens is 1. The molecular formula is C12H11N3O2. The van der Waals surface area contributed by atoms with Crippen LogP contribution in [-0.4, -0.2) is 16.1 Å². The van der Waals surface area contributed by atoms with Gasteiger partial charge in [-0.1, -0.05) is 18.2 Å². The van der Waals surface area contributed by atoms with E-state index in [1.54, 1.807) is 12.3 Å². The molecule has 0 saturated carbocycles. The Hall–Kier alpha value is -2.27. The van der Waals surface area contributed by atoms with Gasteiger partial charge in [0.05, 0.1) is 5.69 Å². The van der Waals surface area contributed by atoms with Gasteiger partial charge in [-0.3, -0.25) is 0 Å². The summed E-state index contributed by atoms with van der Waals surface area (Å²) in [5.41, 5.74) is 5.76. The standard InChI is InChI=1S/C12H11N3O2/c16-11(17)12(5-6-13-15-12)10-7-8-3-1-2-4-9(8)14-10/h1-7,13-15H,(H,16,17). The molecule has 2 aromatic rings. The lowest BCUT2D eigenvalue weighted by molar-refractivity contribution is -0.143. The molecule has 0 fully saturated rings. The average molecular weight is 229 g/mol. The van der Waals surface area contributed by atoms with Gasteiger partial charge in [0.2, 0.25) is 0 Å². The van der Waals surface area contributed by atoms with Crippen LogP contribution in [0.4, 0.5) is 0 Å². The van der Waals surface area contributed by atoms with Crippen molar-refractivity contribution in [3.8, 4) is 0 Å². The van der Waals surface area contributed by atoms with Gasteiger partial charge in [0.15, 0.2) is 5.54 Å². The van der Waals surface area contributed by atoms with E-state index in [0.29, 0.717) is 5.69 Å². The highest BCUT2D eigenvalue weighted by atomic mass is 16.4. The number of hydrazine groups is 1. The lowest BCUT2D eigenvalue weighted by atomic mass is 9.97. The number of benzene rings is 1. The van der Waals surface area contributed by atoms with Crippen LogP contribution < -0.4 is 10.9 Å². The Morgan fingerprint density at radius 1 is 1.29 bits per heavy atom. The van der Waals surface area contributed by atoms with Crippen molar-refractivity contribution < 1.29 is 9.90 Å². The molecule has 0 aliphatic carbocycles. The van der Waals surface area contributed by atoms with Gasteiger partial charge in [0.25, 0.3) is 0 Å². The predicted octanol–water partition coefficient (Wildman–Crippen LogP) is 1.07. The van der Waals surface area contributed by atoms with Crippen molar-refractivity contribution in [2.45, 2.75) is 5.54 Å². The molecule has 1 aromatic heterocycles. The summed E-state index contributed by atoms with van der Waals surface area (Å²) in [7, 11) is 0. The Labute approximate surface area is 97.1 Å². The fourth-order valence-electron chi connectivity index (χ4n) is 2.05. The lowest BCUT2D eigenvalue weighted by Gasteiger charge is -2.20. The van der Waals surface area contributed by atoms with Crippen LogP contribution in [0.2, 0.25) is 0 Å². The van der Waals surface area contributed by atoms with Crippen molar-refractivity contribution in [1.29, 1.82) is 0 Å². The summed E-state index contributed by atoms with van der Waals surface area (Å²) in [6, 6.07) is 9.53. The molecule has 1 unspecified atom stereocenters. The third kappa shape index (κ3) is 1.33. The Morgan fingerprint density at radius 2 is 2.12 bits per heavy atom. The second-order valence-electron chi connectivity index (χ2n) is 3.99. The van der Waals surface area contributed by atoms with Gasteiger partial charge in [-0.05, 0) is 23.6 Å². The summed E-state index contributed by atoms with van der Waals surface area (Å²) in [6.07, 6.45) is 3.17. The first-order valence-corrected chi connectivity index (χ1v) is 5.24. The number of fused-ring (bicyclic) bond motifs is 1. The molecule has 2 heterocycles. The number of nitrogens with one attached hydrogen (secondary N) is 3. The van der Waals surface area contributed by atoms with Crippen molar-refractivity contribution in [3.05, 3.63) is 48.3 Å². The van der Waals surface area contributed by atoms with E-state index < -0.39 is 11.5 Å². The lowest BCUT2D eigenvalue weighted by Crippen LogP contribution is -2.48. The third-order valence-electron chi connectivity index (χ3n) is 2.98. The summed E-state index contributed by atoms with van der Waals surface area (Å²) in [5.74, 6) is -0.953. The monoisotopic (exact) mass is 229 g/mol. The highest BCUT2D eigenvalue weighted by Gasteiger charge is 2.41. The Kier molecular flexibility index (Phi) is 1.96. The number of carboxylic acids is 1. The number of hydrogen-bond donors (Lipinski definition) is 4. The van der Waals surface area contributed by atoms with E-state index in [9.17, 15) is 9.90 Å². The van der Waals surface area contributed by atoms with Crippen LogP contribution in [-0.2, 0) is 10.3 Å². The molecule has 1 aliphatic heterocycles. The fourth-order valence-corrected chi connectivity index (χ4v) is 2.05. The smallest absolute Gasteiger partial charge is 0.335 e. The number of rotatable bonds is 2. The number of carboxylic acid groups (broad SMARTS) is 1. The first kappa shape index (κ1) is 9.92. The fraction of sp³-hybridized carbons (Fsp3) is 0.0833. The molecule has 5 heteroatoms. The van der Waals surface area contributed by atoms with Crippen LogP contribution in [0.3, 0.4) is 0 Å². The maximum atomic E-state index is 11.4. The summed E-state index contributed by atoms with van der Waals surface area (Å²) in [4.78, 5) is 14.6. The Balaban J connectivity index is 2.19. The molecule has 0 amide bonds. The van der Waals surface area contributed by atoms with Crippen molar-refractivity contribution in [3.63, 3.8) is 0 Å². The van der Waals surface area contributed by atoms with Gasteiger partial charge >= 0.3 is 5.97 Å². The molecule has 4 N–H and O–H groups in total. The van der Waals surface area contributed by atoms with Gasteiger partial charge in [-0.25, -0.2) is 10.2 Å². The van der Waals surface area contributed by atoms with E-state index in [2.05, 4.69) is 15.8 Å². The molecule has 1 aromatic carbocycles. The van der Waals surface area contributed by atoms with Gasteiger partial charge < -0.3 is 15.5 Å². The summed E-state index contributed by atoms with van der Waals surface area (Å²) in [6.45, 7) is 0. The van der Waals surface area contributed by atoms with Crippen molar-refractivity contribution >= 4 is 16.9 Å². The number of H-pyrrole nitrogens is 1. The minimum atomic E-state index is -1.22. The zero-order valence-corrected chi connectivity index (χ0v) is 8.90. The van der Waals surface area contributed by atoms with E-state index in [1.807, 2.05) is 30.3 Å². The molecule has 0 saturated heterocycles. The minimum absolute atomic E-state index is 0.604.